The van der Waals surface area contributed by atoms with Gasteiger partial charge in [0.25, 0.3) is 0 Å². The molecule has 2 heterocycles. The summed E-state index contributed by atoms with van der Waals surface area (Å²) in [5.74, 6) is 0.862. The van der Waals surface area contributed by atoms with Gasteiger partial charge >= 0.3 is 0 Å². The van der Waals surface area contributed by atoms with Crippen molar-refractivity contribution in [2.75, 3.05) is 39.8 Å². The molecule has 1 fully saturated rings. The van der Waals surface area contributed by atoms with Crippen LogP contribution in [0, 0.1) is 6.92 Å². The summed E-state index contributed by atoms with van der Waals surface area (Å²) in [5.41, 5.74) is 2.95. The van der Waals surface area contributed by atoms with Gasteiger partial charge in [-0.25, -0.2) is 4.68 Å². The highest BCUT2D eigenvalue weighted by Gasteiger charge is 2.19. The molecule has 0 saturated carbocycles. The van der Waals surface area contributed by atoms with Crippen molar-refractivity contribution in [3.63, 3.8) is 0 Å². The third kappa shape index (κ3) is 4.16. The van der Waals surface area contributed by atoms with Crippen molar-refractivity contribution in [3.05, 3.63) is 35.7 Å². The van der Waals surface area contributed by atoms with Crippen molar-refractivity contribution in [2.24, 2.45) is 0 Å². The third-order valence-corrected chi connectivity index (χ3v) is 4.96. The lowest BCUT2D eigenvalue weighted by atomic mass is 10.2. The van der Waals surface area contributed by atoms with Crippen LogP contribution in [0.5, 0.6) is 5.75 Å². The Kier molecular flexibility index (Phi) is 5.65. The molecular formula is C18H25N5OS. The summed E-state index contributed by atoms with van der Waals surface area (Å²) < 4.78 is 7.35. The molecule has 0 aliphatic carbocycles. The standard InChI is InChI=1S/C18H25N5OS/c1-4-24-16-7-5-15(6-8-16)23-14(2)17(19-20-23)13-18(25)22-11-9-21(3)10-12-22/h5-8H,4,9-13H2,1-3H3. The maximum absolute atomic E-state index is 5.64. The van der Waals surface area contributed by atoms with E-state index in [1.54, 1.807) is 0 Å². The van der Waals surface area contributed by atoms with Crippen LogP contribution in [0.4, 0.5) is 0 Å². The van der Waals surface area contributed by atoms with Gasteiger partial charge in [0.05, 0.1) is 28.7 Å². The number of hydrogen-bond acceptors (Lipinski definition) is 5. The molecule has 134 valence electrons. The van der Waals surface area contributed by atoms with Crippen LogP contribution in [0.2, 0.25) is 0 Å². The van der Waals surface area contributed by atoms with Gasteiger partial charge in [0.1, 0.15) is 5.75 Å². The van der Waals surface area contributed by atoms with E-state index in [0.29, 0.717) is 13.0 Å². The van der Waals surface area contributed by atoms with Crippen molar-refractivity contribution in [2.45, 2.75) is 20.3 Å². The van der Waals surface area contributed by atoms with E-state index >= 15 is 0 Å². The van der Waals surface area contributed by atoms with E-state index in [1.807, 2.05) is 42.8 Å². The number of thiocarbonyl (C=S) groups is 1. The second-order valence-corrected chi connectivity index (χ2v) is 6.79. The number of benzene rings is 1. The average Bonchev–Trinajstić information content (AvgIpc) is 2.97. The monoisotopic (exact) mass is 359 g/mol. The molecule has 1 aromatic carbocycles. The highest BCUT2D eigenvalue weighted by molar-refractivity contribution is 7.80. The molecule has 1 saturated heterocycles. The van der Waals surface area contributed by atoms with E-state index in [0.717, 1.165) is 54.0 Å². The van der Waals surface area contributed by atoms with Crippen molar-refractivity contribution in [1.82, 2.24) is 24.8 Å². The van der Waals surface area contributed by atoms with Gasteiger partial charge < -0.3 is 14.5 Å². The van der Waals surface area contributed by atoms with E-state index in [1.165, 1.54) is 0 Å². The van der Waals surface area contributed by atoms with Gasteiger partial charge in [-0.3, -0.25) is 0 Å². The van der Waals surface area contributed by atoms with Crippen molar-refractivity contribution >= 4 is 17.2 Å². The lowest BCUT2D eigenvalue weighted by Gasteiger charge is -2.34. The van der Waals surface area contributed by atoms with Gasteiger partial charge in [0, 0.05) is 32.6 Å². The van der Waals surface area contributed by atoms with Crippen LogP contribution in [0.15, 0.2) is 24.3 Å². The average molecular weight is 359 g/mol. The van der Waals surface area contributed by atoms with Crippen LogP contribution in [0.25, 0.3) is 5.69 Å². The first-order valence-electron chi connectivity index (χ1n) is 8.69. The molecule has 0 atom stereocenters. The molecule has 7 heteroatoms. The SMILES string of the molecule is CCOc1ccc(-n2nnc(CC(=S)N3CCN(C)CC3)c2C)cc1. The molecule has 2 aromatic rings. The minimum absolute atomic E-state index is 0.662. The summed E-state index contributed by atoms with van der Waals surface area (Å²) in [4.78, 5) is 5.56. The van der Waals surface area contributed by atoms with Gasteiger partial charge in [0.15, 0.2) is 0 Å². The summed E-state index contributed by atoms with van der Waals surface area (Å²) in [6, 6.07) is 7.90. The fourth-order valence-electron chi connectivity index (χ4n) is 2.93. The van der Waals surface area contributed by atoms with Gasteiger partial charge in [-0.15, -0.1) is 5.10 Å². The zero-order valence-corrected chi connectivity index (χ0v) is 15.9. The number of likely N-dealkylation sites (N-methyl/N-ethyl adjacent to an activating group) is 1. The molecule has 6 nitrogen and oxygen atoms in total. The van der Waals surface area contributed by atoms with Crippen LogP contribution in [-0.4, -0.2) is 69.6 Å². The Labute approximate surface area is 154 Å². The van der Waals surface area contributed by atoms with E-state index < -0.39 is 0 Å². The fourth-order valence-corrected chi connectivity index (χ4v) is 3.25. The first-order chi connectivity index (χ1) is 12.1. The predicted molar refractivity (Wildman–Crippen MR) is 103 cm³/mol. The Morgan fingerprint density at radius 3 is 2.48 bits per heavy atom. The fraction of sp³-hybridized carbons (Fsp3) is 0.500. The lowest BCUT2D eigenvalue weighted by Crippen LogP contribution is -2.47. The first kappa shape index (κ1) is 17.8. The predicted octanol–water partition coefficient (Wildman–Crippen LogP) is 2.09. The molecule has 0 spiro atoms. The van der Waals surface area contributed by atoms with Gasteiger partial charge in [-0.05, 0) is 45.2 Å². The maximum Gasteiger partial charge on any atom is 0.119 e. The largest absolute Gasteiger partial charge is 0.494 e. The van der Waals surface area contributed by atoms with Crippen LogP contribution in [0.3, 0.4) is 0 Å². The Morgan fingerprint density at radius 2 is 1.84 bits per heavy atom. The Morgan fingerprint density at radius 1 is 1.16 bits per heavy atom. The molecular weight excluding hydrogens is 334 g/mol. The normalized spacial score (nSPS) is 15.4. The Hall–Kier alpha value is -1.99. The topological polar surface area (TPSA) is 46.4 Å². The third-order valence-electron chi connectivity index (χ3n) is 4.56. The number of hydrogen-bond donors (Lipinski definition) is 0. The molecule has 3 rings (SSSR count). The molecule has 0 N–H and O–H groups in total. The summed E-state index contributed by atoms with van der Waals surface area (Å²) in [5, 5.41) is 8.67. The first-order valence-corrected chi connectivity index (χ1v) is 9.10. The van der Waals surface area contributed by atoms with Gasteiger partial charge in [0.2, 0.25) is 0 Å². The van der Waals surface area contributed by atoms with Gasteiger partial charge in [-0.2, -0.15) is 0 Å². The summed E-state index contributed by atoms with van der Waals surface area (Å²) in [7, 11) is 2.15. The molecule has 1 aliphatic rings. The van der Waals surface area contributed by atoms with Crippen LogP contribution in [0.1, 0.15) is 18.3 Å². The van der Waals surface area contributed by atoms with E-state index in [4.69, 9.17) is 17.0 Å². The zero-order valence-electron chi connectivity index (χ0n) is 15.1. The number of ether oxygens (including phenoxy) is 1. The molecule has 0 amide bonds. The molecule has 1 aliphatic heterocycles. The summed E-state index contributed by atoms with van der Waals surface area (Å²) in [6.45, 7) is 8.76. The number of rotatable bonds is 5. The molecule has 1 aromatic heterocycles. The quantitative estimate of drug-likeness (QED) is 0.762. The number of aromatic nitrogens is 3. The van der Waals surface area contributed by atoms with Crippen molar-refractivity contribution in [1.29, 1.82) is 0 Å². The van der Waals surface area contributed by atoms with Crippen LogP contribution in [-0.2, 0) is 6.42 Å². The van der Waals surface area contributed by atoms with E-state index in [9.17, 15) is 0 Å². The lowest BCUT2D eigenvalue weighted by molar-refractivity contribution is 0.216. The molecule has 25 heavy (non-hydrogen) atoms. The highest BCUT2D eigenvalue weighted by Crippen LogP contribution is 2.18. The smallest absolute Gasteiger partial charge is 0.119 e. The zero-order chi connectivity index (χ0) is 17.8. The van der Waals surface area contributed by atoms with Crippen molar-refractivity contribution in [3.8, 4) is 11.4 Å². The second-order valence-electron chi connectivity index (χ2n) is 6.32. The molecule has 0 radical (unpaired) electrons. The Bertz CT molecular complexity index is 720. The molecule has 0 bridgehead atoms. The summed E-state index contributed by atoms with van der Waals surface area (Å²) in [6.07, 6.45) is 0.669. The highest BCUT2D eigenvalue weighted by atomic mass is 32.1. The van der Waals surface area contributed by atoms with Gasteiger partial charge in [-0.1, -0.05) is 17.4 Å². The summed E-state index contributed by atoms with van der Waals surface area (Å²) >= 11 is 5.64. The number of piperazine rings is 1. The maximum atomic E-state index is 5.64. The van der Waals surface area contributed by atoms with Crippen LogP contribution < -0.4 is 4.74 Å². The molecule has 0 unspecified atom stereocenters. The minimum Gasteiger partial charge on any atom is -0.494 e. The number of nitrogens with zero attached hydrogens (tertiary/aromatic N) is 5. The minimum atomic E-state index is 0.662. The Balaban J connectivity index is 1.69. The van der Waals surface area contributed by atoms with E-state index in [-0.39, 0.29) is 0 Å². The second kappa shape index (κ2) is 7.93. The van der Waals surface area contributed by atoms with E-state index in [2.05, 4.69) is 27.2 Å². The van der Waals surface area contributed by atoms with Crippen molar-refractivity contribution < 1.29 is 4.74 Å². The van der Waals surface area contributed by atoms with Crippen LogP contribution >= 0.6 is 12.2 Å².